The minimum absolute atomic E-state index is 0.00955. The molecule has 1 heterocycles. The van der Waals surface area contributed by atoms with Crippen LogP contribution in [-0.4, -0.2) is 18.1 Å². The molecule has 3 nitrogen and oxygen atoms in total. The molecule has 0 saturated carbocycles. The maximum atomic E-state index is 5.85. The van der Waals surface area contributed by atoms with E-state index in [0.29, 0.717) is 13.2 Å². The SMILES string of the molecule is CC(C)(CN)COc1ccnc2ccccc12. The van der Waals surface area contributed by atoms with Crippen molar-refractivity contribution in [1.82, 2.24) is 4.98 Å². The second-order valence-electron chi connectivity index (χ2n) is 4.98. The molecule has 2 aromatic rings. The van der Waals surface area contributed by atoms with Gasteiger partial charge in [-0.15, -0.1) is 0 Å². The van der Waals surface area contributed by atoms with Gasteiger partial charge in [0.25, 0.3) is 0 Å². The number of hydrogen-bond donors (Lipinski definition) is 1. The van der Waals surface area contributed by atoms with Gasteiger partial charge < -0.3 is 10.5 Å². The summed E-state index contributed by atoms with van der Waals surface area (Å²) in [5, 5.41) is 1.04. The van der Waals surface area contributed by atoms with E-state index in [2.05, 4.69) is 18.8 Å². The number of rotatable bonds is 4. The minimum Gasteiger partial charge on any atom is -0.492 e. The Labute approximate surface area is 102 Å². The summed E-state index contributed by atoms with van der Waals surface area (Å²) in [6, 6.07) is 9.87. The zero-order chi connectivity index (χ0) is 12.3. The predicted octanol–water partition coefficient (Wildman–Crippen LogP) is 2.60. The topological polar surface area (TPSA) is 48.1 Å². The number of fused-ring (bicyclic) bond motifs is 1. The molecule has 0 spiro atoms. The Kier molecular flexibility index (Phi) is 3.29. The Balaban J connectivity index is 2.24. The van der Waals surface area contributed by atoms with Crippen LogP contribution in [0.25, 0.3) is 10.9 Å². The van der Waals surface area contributed by atoms with Crippen molar-refractivity contribution in [3.05, 3.63) is 36.5 Å². The van der Waals surface area contributed by atoms with E-state index in [0.717, 1.165) is 16.7 Å². The summed E-state index contributed by atoms with van der Waals surface area (Å²) < 4.78 is 5.85. The summed E-state index contributed by atoms with van der Waals surface area (Å²) in [6.07, 6.45) is 1.77. The molecule has 3 heteroatoms. The second-order valence-corrected chi connectivity index (χ2v) is 4.98. The molecule has 2 rings (SSSR count). The van der Waals surface area contributed by atoms with Crippen molar-refractivity contribution in [2.45, 2.75) is 13.8 Å². The Morgan fingerprint density at radius 3 is 2.76 bits per heavy atom. The van der Waals surface area contributed by atoms with Crippen LogP contribution in [0.2, 0.25) is 0 Å². The van der Waals surface area contributed by atoms with E-state index < -0.39 is 0 Å². The van der Waals surface area contributed by atoms with E-state index in [1.54, 1.807) is 6.20 Å². The standard InChI is InChI=1S/C14H18N2O/c1-14(2,9-15)10-17-13-7-8-16-12-6-4-3-5-11(12)13/h3-8H,9-10,15H2,1-2H3. The van der Waals surface area contributed by atoms with Crippen LogP contribution in [-0.2, 0) is 0 Å². The first kappa shape index (κ1) is 11.9. The van der Waals surface area contributed by atoms with Gasteiger partial charge in [0, 0.05) is 23.5 Å². The van der Waals surface area contributed by atoms with Crippen LogP contribution in [0, 0.1) is 5.41 Å². The fourth-order valence-electron chi connectivity index (χ4n) is 1.53. The molecule has 0 amide bonds. The molecule has 0 aliphatic carbocycles. The third-order valence-corrected chi connectivity index (χ3v) is 2.78. The number of hydrogen-bond acceptors (Lipinski definition) is 3. The smallest absolute Gasteiger partial charge is 0.130 e. The van der Waals surface area contributed by atoms with Gasteiger partial charge in [-0.25, -0.2) is 0 Å². The lowest BCUT2D eigenvalue weighted by Gasteiger charge is -2.22. The van der Waals surface area contributed by atoms with Gasteiger partial charge in [0.05, 0.1) is 12.1 Å². The van der Waals surface area contributed by atoms with Crippen LogP contribution in [0.3, 0.4) is 0 Å². The minimum atomic E-state index is -0.00955. The summed E-state index contributed by atoms with van der Waals surface area (Å²) in [6.45, 7) is 5.40. The fraction of sp³-hybridized carbons (Fsp3) is 0.357. The molecule has 0 unspecified atom stereocenters. The fourth-order valence-corrected chi connectivity index (χ4v) is 1.53. The van der Waals surface area contributed by atoms with Crippen molar-refractivity contribution in [2.24, 2.45) is 11.1 Å². The highest BCUT2D eigenvalue weighted by atomic mass is 16.5. The van der Waals surface area contributed by atoms with E-state index in [4.69, 9.17) is 10.5 Å². The number of para-hydroxylation sites is 1. The van der Waals surface area contributed by atoms with E-state index >= 15 is 0 Å². The van der Waals surface area contributed by atoms with E-state index in [9.17, 15) is 0 Å². The molecule has 90 valence electrons. The lowest BCUT2D eigenvalue weighted by atomic mass is 9.95. The van der Waals surface area contributed by atoms with Gasteiger partial charge in [0.2, 0.25) is 0 Å². The van der Waals surface area contributed by atoms with Gasteiger partial charge in [-0.2, -0.15) is 0 Å². The van der Waals surface area contributed by atoms with Crippen molar-refractivity contribution in [3.8, 4) is 5.75 Å². The first-order chi connectivity index (χ1) is 8.12. The van der Waals surface area contributed by atoms with Crippen molar-refractivity contribution in [2.75, 3.05) is 13.2 Å². The molecule has 0 radical (unpaired) electrons. The monoisotopic (exact) mass is 230 g/mol. The molecule has 2 N–H and O–H groups in total. The molecular weight excluding hydrogens is 212 g/mol. The second kappa shape index (κ2) is 4.72. The number of nitrogens with zero attached hydrogens (tertiary/aromatic N) is 1. The van der Waals surface area contributed by atoms with Gasteiger partial charge in [0.15, 0.2) is 0 Å². The normalized spacial score (nSPS) is 11.7. The molecule has 0 bridgehead atoms. The lowest BCUT2D eigenvalue weighted by molar-refractivity contribution is 0.189. The largest absolute Gasteiger partial charge is 0.492 e. The Bertz CT molecular complexity index is 503. The summed E-state index contributed by atoms with van der Waals surface area (Å²) in [5.74, 6) is 0.872. The van der Waals surface area contributed by atoms with Crippen LogP contribution < -0.4 is 10.5 Å². The first-order valence-corrected chi connectivity index (χ1v) is 5.79. The van der Waals surface area contributed by atoms with Crippen LogP contribution in [0.1, 0.15) is 13.8 Å². The molecule has 0 aliphatic rings. The zero-order valence-electron chi connectivity index (χ0n) is 10.3. The Morgan fingerprint density at radius 2 is 2.00 bits per heavy atom. The van der Waals surface area contributed by atoms with Gasteiger partial charge >= 0.3 is 0 Å². The van der Waals surface area contributed by atoms with Crippen LogP contribution in [0.5, 0.6) is 5.75 Å². The van der Waals surface area contributed by atoms with E-state index in [-0.39, 0.29) is 5.41 Å². The number of ether oxygens (including phenoxy) is 1. The van der Waals surface area contributed by atoms with Crippen molar-refractivity contribution in [1.29, 1.82) is 0 Å². The quantitative estimate of drug-likeness (QED) is 0.878. The van der Waals surface area contributed by atoms with Crippen molar-refractivity contribution >= 4 is 10.9 Å². The van der Waals surface area contributed by atoms with Crippen LogP contribution in [0.4, 0.5) is 0 Å². The summed E-state index contributed by atoms with van der Waals surface area (Å²) >= 11 is 0. The van der Waals surface area contributed by atoms with Crippen molar-refractivity contribution < 1.29 is 4.74 Å². The zero-order valence-corrected chi connectivity index (χ0v) is 10.3. The van der Waals surface area contributed by atoms with Gasteiger partial charge in [0.1, 0.15) is 5.75 Å². The number of aromatic nitrogens is 1. The molecule has 1 aromatic heterocycles. The first-order valence-electron chi connectivity index (χ1n) is 5.79. The van der Waals surface area contributed by atoms with Crippen molar-refractivity contribution in [3.63, 3.8) is 0 Å². The average molecular weight is 230 g/mol. The highest BCUT2D eigenvalue weighted by molar-refractivity contribution is 5.84. The third kappa shape index (κ3) is 2.74. The summed E-state index contributed by atoms with van der Waals surface area (Å²) in [5.41, 5.74) is 6.64. The molecule has 1 aromatic carbocycles. The van der Waals surface area contributed by atoms with Gasteiger partial charge in [-0.3, -0.25) is 4.98 Å². The third-order valence-electron chi connectivity index (χ3n) is 2.78. The summed E-state index contributed by atoms with van der Waals surface area (Å²) in [7, 11) is 0. The Morgan fingerprint density at radius 1 is 1.24 bits per heavy atom. The average Bonchev–Trinajstić information content (AvgIpc) is 2.36. The van der Waals surface area contributed by atoms with Crippen LogP contribution in [0.15, 0.2) is 36.5 Å². The molecule has 0 saturated heterocycles. The predicted molar refractivity (Wildman–Crippen MR) is 70.1 cm³/mol. The Hall–Kier alpha value is -1.61. The van der Waals surface area contributed by atoms with Gasteiger partial charge in [-0.05, 0) is 18.2 Å². The molecule has 0 fully saturated rings. The summed E-state index contributed by atoms with van der Waals surface area (Å²) in [4.78, 5) is 4.30. The maximum absolute atomic E-state index is 5.85. The molecule has 17 heavy (non-hydrogen) atoms. The molecule has 0 aliphatic heterocycles. The number of pyridine rings is 1. The van der Waals surface area contributed by atoms with E-state index in [1.165, 1.54) is 0 Å². The molecule has 0 atom stereocenters. The lowest BCUT2D eigenvalue weighted by Crippen LogP contribution is -2.30. The van der Waals surface area contributed by atoms with E-state index in [1.807, 2.05) is 30.3 Å². The molecular formula is C14H18N2O. The highest BCUT2D eigenvalue weighted by Gasteiger charge is 2.17. The highest BCUT2D eigenvalue weighted by Crippen LogP contribution is 2.25. The number of nitrogens with two attached hydrogens (primary N) is 1. The van der Waals surface area contributed by atoms with Gasteiger partial charge in [-0.1, -0.05) is 26.0 Å². The van der Waals surface area contributed by atoms with Crippen LogP contribution >= 0.6 is 0 Å². The maximum Gasteiger partial charge on any atom is 0.130 e. The number of benzene rings is 1.